The number of carbonyl (C=O) groups excluding carboxylic acids is 3. The first-order chi connectivity index (χ1) is 23.2. The number of hydrogen-bond donors (Lipinski definition) is 1. The van der Waals surface area contributed by atoms with Crippen molar-refractivity contribution in [2.75, 3.05) is 70.6 Å². The lowest BCUT2D eigenvalue weighted by molar-refractivity contribution is -0.152. The fourth-order valence-electron chi connectivity index (χ4n) is 8.03. The van der Waals surface area contributed by atoms with Crippen LogP contribution in [-0.2, 0) is 23.9 Å². The normalized spacial score (nSPS) is 29.3. The minimum atomic E-state index is -1.24. The van der Waals surface area contributed by atoms with E-state index in [-0.39, 0.29) is 41.6 Å². The molecule has 1 aromatic carbocycles. The molecule has 8 atom stereocenters. The van der Waals surface area contributed by atoms with Crippen LogP contribution >= 0.6 is 15.9 Å². The van der Waals surface area contributed by atoms with Crippen molar-refractivity contribution in [2.45, 2.75) is 62.2 Å². The fourth-order valence-corrected chi connectivity index (χ4v) is 8.97. The first-order valence-electron chi connectivity index (χ1n) is 17.3. The van der Waals surface area contributed by atoms with Gasteiger partial charge in [-0.2, -0.15) is 0 Å². The average molecular weight is 732 g/mol. The standard InChI is InChI=1S/C36H51BrN4O7/c1-6-14-39(17-16-38-18-20-46-21-19-38)35(45)32-36-22-27(37)31(48-36)29(30(36)34(44)41(32)28(23-42)24(5)8-3)33(43)40(15-7-2)25-10-12-26(13-11-25)47-9-4/h6-7,10-13,24,27-32,42H,1-2,8-9,14-23H2,3-5H3/t24-,27?,28-,29+,30-,31+,32?,36?/m0/s1. The highest BCUT2D eigenvalue weighted by Crippen LogP contribution is 2.61. The Morgan fingerprint density at radius 1 is 1.15 bits per heavy atom. The lowest BCUT2D eigenvalue weighted by Crippen LogP contribution is -2.60. The van der Waals surface area contributed by atoms with Crippen LogP contribution in [0, 0.1) is 17.8 Å². The predicted molar refractivity (Wildman–Crippen MR) is 187 cm³/mol. The van der Waals surface area contributed by atoms with E-state index in [1.54, 1.807) is 26.9 Å². The number of carbonyl (C=O) groups is 3. The van der Waals surface area contributed by atoms with Crippen LogP contribution < -0.4 is 9.64 Å². The molecule has 5 rings (SSSR count). The molecule has 4 saturated heterocycles. The second-order valence-corrected chi connectivity index (χ2v) is 14.4. The van der Waals surface area contributed by atoms with Crippen molar-refractivity contribution in [3.63, 3.8) is 0 Å². The summed E-state index contributed by atoms with van der Waals surface area (Å²) in [6.07, 6.45) is 3.82. The van der Waals surface area contributed by atoms with Crippen molar-refractivity contribution >= 4 is 39.3 Å². The van der Waals surface area contributed by atoms with E-state index in [1.807, 2.05) is 45.0 Å². The van der Waals surface area contributed by atoms with Gasteiger partial charge >= 0.3 is 0 Å². The molecule has 264 valence electrons. The number of fused-ring (bicyclic) bond motifs is 1. The zero-order valence-corrected chi connectivity index (χ0v) is 30.1. The highest BCUT2D eigenvalue weighted by atomic mass is 79.9. The van der Waals surface area contributed by atoms with Crippen molar-refractivity contribution in [3.05, 3.63) is 49.6 Å². The van der Waals surface area contributed by atoms with Gasteiger partial charge in [0.05, 0.1) is 50.4 Å². The number of nitrogens with zero attached hydrogens (tertiary/aromatic N) is 4. The monoisotopic (exact) mass is 730 g/mol. The Balaban J connectivity index is 1.53. The molecule has 0 aliphatic carbocycles. The maximum absolute atomic E-state index is 14.9. The number of ether oxygens (including phenoxy) is 3. The number of likely N-dealkylation sites (tertiary alicyclic amines) is 1. The maximum atomic E-state index is 14.9. The molecule has 48 heavy (non-hydrogen) atoms. The van der Waals surface area contributed by atoms with E-state index in [2.05, 4.69) is 34.0 Å². The van der Waals surface area contributed by atoms with Crippen LogP contribution in [-0.4, -0.2) is 132 Å². The quantitative estimate of drug-likeness (QED) is 0.204. The summed E-state index contributed by atoms with van der Waals surface area (Å²) in [5, 5.41) is 10.7. The van der Waals surface area contributed by atoms with E-state index < -0.39 is 35.6 Å². The minimum absolute atomic E-state index is 0.0991. The lowest BCUT2D eigenvalue weighted by Gasteiger charge is -2.41. The summed E-state index contributed by atoms with van der Waals surface area (Å²) in [6.45, 7) is 18.4. The topological polar surface area (TPSA) is 112 Å². The molecule has 1 N–H and O–H groups in total. The molecule has 0 saturated carbocycles. The van der Waals surface area contributed by atoms with E-state index in [4.69, 9.17) is 14.2 Å². The first-order valence-corrected chi connectivity index (χ1v) is 18.2. The number of morpholine rings is 1. The van der Waals surface area contributed by atoms with Gasteiger partial charge in [-0.25, -0.2) is 0 Å². The Morgan fingerprint density at radius 3 is 2.44 bits per heavy atom. The molecule has 0 aromatic heterocycles. The second kappa shape index (κ2) is 15.8. The first kappa shape index (κ1) is 36.5. The molecular formula is C36H51BrN4O7. The third kappa shape index (κ3) is 6.70. The number of alkyl halides is 1. The number of amides is 3. The smallest absolute Gasteiger partial charge is 0.248 e. The zero-order valence-electron chi connectivity index (χ0n) is 28.5. The molecule has 12 heteroatoms. The average Bonchev–Trinajstić information content (AvgIpc) is 3.69. The summed E-state index contributed by atoms with van der Waals surface area (Å²) in [4.78, 5) is 51.4. The van der Waals surface area contributed by atoms with Crippen molar-refractivity contribution in [2.24, 2.45) is 17.8 Å². The van der Waals surface area contributed by atoms with Gasteiger partial charge < -0.3 is 34.0 Å². The molecular weight excluding hydrogens is 680 g/mol. The number of halogens is 1. The molecule has 4 fully saturated rings. The van der Waals surface area contributed by atoms with E-state index in [0.717, 1.165) is 13.1 Å². The van der Waals surface area contributed by atoms with Crippen LogP contribution in [0.25, 0.3) is 0 Å². The van der Waals surface area contributed by atoms with Crippen LogP contribution in [0.5, 0.6) is 5.75 Å². The highest BCUT2D eigenvalue weighted by Gasteiger charge is 2.77. The molecule has 0 radical (unpaired) electrons. The summed E-state index contributed by atoms with van der Waals surface area (Å²) < 4.78 is 17.9. The van der Waals surface area contributed by atoms with E-state index >= 15 is 0 Å². The van der Waals surface area contributed by atoms with E-state index in [1.165, 1.54) is 0 Å². The van der Waals surface area contributed by atoms with Gasteiger partial charge in [0, 0.05) is 49.8 Å². The number of aliphatic hydroxyl groups is 1. The van der Waals surface area contributed by atoms with Crippen LogP contribution in [0.4, 0.5) is 5.69 Å². The molecule has 3 unspecified atom stereocenters. The molecule has 4 heterocycles. The van der Waals surface area contributed by atoms with Gasteiger partial charge in [0.15, 0.2) is 0 Å². The molecule has 11 nitrogen and oxygen atoms in total. The number of rotatable bonds is 16. The van der Waals surface area contributed by atoms with Gasteiger partial charge in [0.25, 0.3) is 0 Å². The SMILES string of the molecule is C=CCN(CCN1CCOCC1)C(=O)C1N([C@@H](CO)[C@@H](C)CC)C(=O)[C@@H]2[C@@H](C(=O)N(CC=C)c3ccc(OCC)cc3)[C@@H]3OC12CC3Br. The third-order valence-electron chi connectivity index (χ3n) is 10.6. The number of benzene rings is 1. The third-order valence-corrected chi connectivity index (χ3v) is 11.4. The zero-order chi connectivity index (χ0) is 34.6. The largest absolute Gasteiger partial charge is 0.494 e. The summed E-state index contributed by atoms with van der Waals surface area (Å²) in [6, 6.07) is 5.64. The Hall–Kier alpha value is -2.77. The van der Waals surface area contributed by atoms with Crippen molar-refractivity contribution in [1.29, 1.82) is 0 Å². The summed E-state index contributed by atoms with van der Waals surface area (Å²) >= 11 is 3.80. The van der Waals surface area contributed by atoms with Gasteiger partial charge in [-0.1, -0.05) is 48.4 Å². The van der Waals surface area contributed by atoms with E-state index in [0.29, 0.717) is 63.7 Å². The van der Waals surface area contributed by atoms with Crippen molar-refractivity contribution < 1.29 is 33.7 Å². The number of aliphatic hydroxyl groups excluding tert-OH is 1. The molecule has 4 aliphatic heterocycles. The van der Waals surface area contributed by atoms with Crippen LogP contribution in [0.1, 0.15) is 33.6 Å². The maximum Gasteiger partial charge on any atom is 0.248 e. The van der Waals surface area contributed by atoms with Gasteiger partial charge in [0.1, 0.15) is 17.4 Å². The van der Waals surface area contributed by atoms with Gasteiger partial charge in [0.2, 0.25) is 17.7 Å². The fraction of sp³-hybridized carbons (Fsp3) is 0.639. The van der Waals surface area contributed by atoms with Gasteiger partial charge in [-0.3, -0.25) is 19.3 Å². The van der Waals surface area contributed by atoms with Crippen molar-refractivity contribution in [1.82, 2.24) is 14.7 Å². The van der Waals surface area contributed by atoms with Gasteiger partial charge in [-0.15, -0.1) is 13.2 Å². The molecule has 1 aromatic rings. The number of anilines is 1. The second-order valence-electron chi connectivity index (χ2n) is 13.2. The van der Waals surface area contributed by atoms with Crippen LogP contribution in [0.15, 0.2) is 49.6 Å². The minimum Gasteiger partial charge on any atom is -0.494 e. The number of hydrogen-bond acceptors (Lipinski definition) is 8. The molecule has 4 aliphatic rings. The Bertz CT molecular complexity index is 1320. The summed E-state index contributed by atoms with van der Waals surface area (Å²) in [5.41, 5.74) is -0.597. The summed E-state index contributed by atoms with van der Waals surface area (Å²) in [7, 11) is 0. The van der Waals surface area contributed by atoms with Crippen molar-refractivity contribution in [3.8, 4) is 5.75 Å². The Morgan fingerprint density at radius 2 is 1.83 bits per heavy atom. The van der Waals surface area contributed by atoms with Gasteiger partial charge in [-0.05, 0) is 43.5 Å². The summed E-state index contributed by atoms with van der Waals surface area (Å²) in [5.74, 6) is -1.97. The molecule has 1 spiro atoms. The lowest BCUT2D eigenvalue weighted by atomic mass is 9.70. The van der Waals surface area contributed by atoms with E-state index in [9.17, 15) is 19.5 Å². The molecule has 2 bridgehead atoms. The molecule has 3 amide bonds. The predicted octanol–water partition coefficient (Wildman–Crippen LogP) is 3.11. The Kier molecular flexibility index (Phi) is 12.1. The highest BCUT2D eigenvalue weighted by molar-refractivity contribution is 9.09. The van der Waals surface area contributed by atoms with Crippen LogP contribution in [0.3, 0.4) is 0 Å². The Labute approximate surface area is 293 Å². The van der Waals surface area contributed by atoms with Crippen LogP contribution in [0.2, 0.25) is 0 Å².